The highest BCUT2D eigenvalue weighted by molar-refractivity contribution is 6.16. The molecule has 1 heteroatoms. The smallest absolute Gasteiger partial charge is 0.200 e. The molecule has 31 heavy (non-hydrogen) atoms. The summed E-state index contributed by atoms with van der Waals surface area (Å²) >= 11 is 0. The molecule has 0 radical (unpaired) electrons. The van der Waals surface area contributed by atoms with E-state index in [-0.39, 0.29) is 0 Å². The predicted molar refractivity (Wildman–Crippen MR) is 132 cm³/mol. The van der Waals surface area contributed by atoms with Crippen molar-refractivity contribution >= 4 is 21.9 Å². The number of aryl methyl sites for hydroxylation is 2. The molecule has 1 aromatic heterocycles. The van der Waals surface area contributed by atoms with Gasteiger partial charge in [0.25, 0.3) is 0 Å². The van der Waals surface area contributed by atoms with Crippen molar-refractivity contribution in [3.05, 3.63) is 75.6 Å². The fraction of sp³-hybridized carbons (Fsp3) is 0.433. The highest BCUT2D eigenvalue weighted by Crippen LogP contribution is 2.48. The van der Waals surface area contributed by atoms with E-state index in [0.717, 1.165) is 6.42 Å². The minimum Gasteiger partial charge on any atom is -0.200 e. The van der Waals surface area contributed by atoms with E-state index in [1.807, 2.05) is 0 Å². The number of aromatic nitrogens is 1. The summed E-state index contributed by atoms with van der Waals surface area (Å²) in [4.78, 5) is 0. The van der Waals surface area contributed by atoms with Crippen molar-refractivity contribution in [3.63, 3.8) is 0 Å². The number of hydrogen-bond donors (Lipinski definition) is 0. The zero-order valence-electron chi connectivity index (χ0n) is 21.0. The van der Waals surface area contributed by atoms with E-state index < -0.39 is 0 Å². The lowest BCUT2D eigenvalue weighted by Crippen LogP contribution is -2.32. The summed E-state index contributed by atoms with van der Waals surface area (Å²) in [5, 5.41) is 2.61. The summed E-state index contributed by atoms with van der Waals surface area (Å²) in [5.74, 6) is 1.25. The summed E-state index contributed by atoms with van der Waals surface area (Å²) in [6.45, 7) is 11.4. The average Bonchev–Trinajstić information content (AvgIpc) is 3.36. The molecule has 1 fully saturated rings. The van der Waals surface area contributed by atoms with Gasteiger partial charge in [-0.2, -0.15) is 0 Å². The molecule has 160 valence electrons. The molecule has 0 aliphatic heterocycles. The molecule has 2 aromatic carbocycles. The second-order valence-corrected chi connectivity index (χ2v) is 10.4. The van der Waals surface area contributed by atoms with Gasteiger partial charge in [0.05, 0.1) is 11.0 Å². The van der Waals surface area contributed by atoms with E-state index >= 15 is 0 Å². The van der Waals surface area contributed by atoms with E-state index in [2.05, 4.69) is 76.6 Å². The SMILES string of the molecule is [2H]c1cc2cc(C3CCCC3)cc3c2c([n+]1C)C(c1cc(C)cc(C)c1C)=C3CC(C)C. The van der Waals surface area contributed by atoms with Crippen molar-refractivity contribution in [2.75, 3.05) is 0 Å². The Bertz CT molecular complexity index is 1270. The Balaban J connectivity index is 1.88. The standard InChI is InChI=1S/C30H36N/c1-18(2)13-26-27-17-24(22-9-7-8-10-22)16-23-11-12-31(6)30(28(23)27)29(26)25-15-19(3)14-20(4)21(25)5/h11-12,14-18,22H,7-10,13H2,1-6H3/q+1/i12D. The third-order valence-corrected chi connectivity index (χ3v) is 7.56. The van der Waals surface area contributed by atoms with Gasteiger partial charge in [-0.05, 0) is 90.6 Å². The predicted octanol–water partition coefficient (Wildman–Crippen LogP) is 7.57. The molecule has 0 saturated heterocycles. The molecule has 2 aliphatic carbocycles. The van der Waals surface area contributed by atoms with Gasteiger partial charge >= 0.3 is 0 Å². The normalized spacial score (nSPS) is 16.8. The van der Waals surface area contributed by atoms with Crippen LogP contribution >= 0.6 is 0 Å². The lowest BCUT2D eigenvalue weighted by atomic mass is 9.87. The van der Waals surface area contributed by atoms with Gasteiger partial charge in [0.1, 0.15) is 8.42 Å². The molecule has 2 aliphatic rings. The van der Waals surface area contributed by atoms with Gasteiger partial charge in [-0.3, -0.25) is 0 Å². The van der Waals surface area contributed by atoms with Crippen LogP contribution in [0.1, 0.15) is 92.3 Å². The Morgan fingerprint density at radius 2 is 1.77 bits per heavy atom. The molecule has 0 atom stereocenters. The fourth-order valence-electron chi connectivity index (χ4n) is 5.98. The van der Waals surface area contributed by atoms with E-state index in [1.54, 1.807) is 0 Å². The number of pyridine rings is 1. The van der Waals surface area contributed by atoms with Crippen LogP contribution in [0.2, 0.25) is 0 Å². The molecule has 1 saturated carbocycles. The van der Waals surface area contributed by atoms with Gasteiger partial charge in [-0.25, -0.2) is 4.57 Å². The Morgan fingerprint density at radius 1 is 1.03 bits per heavy atom. The summed E-state index contributed by atoms with van der Waals surface area (Å²) in [5.41, 5.74) is 12.4. The minimum absolute atomic E-state index is 0.575. The van der Waals surface area contributed by atoms with Crippen LogP contribution in [0.4, 0.5) is 0 Å². The van der Waals surface area contributed by atoms with Crippen LogP contribution in [0.25, 0.3) is 21.9 Å². The van der Waals surface area contributed by atoms with Gasteiger partial charge < -0.3 is 0 Å². The first-order valence-electron chi connectivity index (χ1n) is 12.6. The molecule has 0 amide bonds. The van der Waals surface area contributed by atoms with Crippen LogP contribution in [0.3, 0.4) is 0 Å². The summed E-state index contributed by atoms with van der Waals surface area (Å²) in [6, 6.07) is 11.7. The Labute approximate surface area is 189 Å². The maximum atomic E-state index is 8.79. The third-order valence-electron chi connectivity index (χ3n) is 7.56. The molecule has 3 aromatic rings. The highest BCUT2D eigenvalue weighted by atomic mass is 14.9. The number of allylic oxidation sites excluding steroid dienone is 1. The molecule has 5 rings (SSSR count). The van der Waals surface area contributed by atoms with Gasteiger partial charge in [-0.15, -0.1) is 0 Å². The van der Waals surface area contributed by atoms with Crippen molar-refractivity contribution in [3.8, 4) is 0 Å². The summed E-state index contributed by atoms with van der Waals surface area (Å²) < 4.78 is 10.9. The molecule has 0 N–H and O–H groups in total. The maximum Gasteiger partial charge on any atom is 0.221 e. The van der Waals surface area contributed by atoms with Crippen molar-refractivity contribution in [2.24, 2.45) is 13.0 Å². The lowest BCUT2D eigenvalue weighted by Gasteiger charge is -2.16. The van der Waals surface area contributed by atoms with Crippen LogP contribution in [-0.2, 0) is 7.05 Å². The molecule has 0 spiro atoms. The van der Waals surface area contributed by atoms with Crippen LogP contribution in [-0.4, -0.2) is 0 Å². The van der Waals surface area contributed by atoms with Crippen LogP contribution in [0, 0.1) is 26.7 Å². The van der Waals surface area contributed by atoms with E-state index in [9.17, 15) is 0 Å². The quantitative estimate of drug-likeness (QED) is 0.390. The first-order chi connectivity index (χ1) is 15.3. The van der Waals surface area contributed by atoms with Crippen LogP contribution < -0.4 is 4.57 Å². The van der Waals surface area contributed by atoms with Gasteiger partial charge in [0, 0.05) is 6.07 Å². The zero-order valence-corrected chi connectivity index (χ0v) is 20.0. The summed E-state index contributed by atoms with van der Waals surface area (Å²) in [6.07, 6.45) is 6.95. The van der Waals surface area contributed by atoms with Crippen molar-refractivity contribution < 1.29 is 5.94 Å². The second kappa shape index (κ2) is 7.62. The largest absolute Gasteiger partial charge is 0.221 e. The Hall–Kier alpha value is -2.41. The van der Waals surface area contributed by atoms with Gasteiger partial charge in [-0.1, -0.05) is 56.5 Å². The lowest BCUT2D eigenvalue weighted by molar-refractivity contribution is -0.672. The first kappa shape index (κ1) is 19.3. The fourth-order valence-corrected chi connectivity index (χ4v) is 5.98. The number of rotatable bonds is 4. The van der Waals surface area contributed by atoms with Crippen molar-refractivity contribution in [1.82, 2.24) is 0 Å². The molecule has 1 heterocycles. The van der Waals surface area contributed by atoms with E-state index in [1.165, 1.54) is 86.7 Å². The van der Waals surface area contributed by atoms with E-state index in [0.29, 0.717) is 18.0 Å². The number of hydrogen-bond acceptors (Lipinski definition) is 0. The second-order valence-electron chi connectivity index (χ2n) is 10.4. The number of nitrogens with zero attached hydrogens (tertiary/aromatic N) is 1. The molecular weight excluding hydrogens is 374 g/mol. The van der Waals surface area contributed by atoms with Crippen molar-refractivity contribution in [1.29, 1.82) is 0 Å². The Kier molecular flexibility index (Phi) is 4.74. The molecule has 0 unspecified atom stereocenters. The molecule has 1 nitrogen and oxygen atoms in total. The maximum absolute atomic E-state index is 8.79. The summed E-state index contributed by atoms with van der Waals surface area (Å²) in [7, 11) is 2.07. The van der Waals surface area contributed by atoms with E-state index in [4.69, 9.17) is 1.37 Å². The highest BCUT2D eigenvalue weighted by Gasteiger charge is 2.34. The first-order valence-corrected chi connectivity index (χ1v) is 12.1. The van der Waals surface area contributed by atoms with Crippen molar-refractivity contribution in [2.45, 2.75) is 72.6 Å². The monoisotopic (exact) mass is 411 g/mol. The Morgan fingerprint density at radius 3 is 2.48 bits per heavy atom. The topological polar surface area (TPSA) is 3.88 Å². The van der Waals surface area contributed by atoms with Crippen LogP contribution in [0.15, 0.2) is 36.5 Å². The third kappa shape index (κ3) is 3.34. The zero-order chi connectivity index (χ0) is 22.7. The number of benzene rings is 2. The average molecular weight is 412 g/mol. The van der Waals surface area contributed by atoms with Gasteiger partial charge in [0.15, 0.2) is 6.17 Å². The van der Waals surface area contributed by atoms with Gasteiger partial charge in [0.2, 0.25) is 5.69 Å². The molecular formula is C30H36N+. The van der Waals surface area contributed by atoms with Crippen LogP contribution in [0.5, 0.6) is 0 Å². The minimum atomic E-state index is 0.575. The molecule has 0 bridgehead atoms.